The molecular formula is C23H15BrO4. The molecule has 1 heterocycles. The fraction of sp³-hybridized carbons (Fsp3) is 0.0435. The second kappa shape index (κ2) is 7.44. The molecule has 0 spiro atoms. The smallest absolute Gasteiger partial charge is 0.343 e. The molecule has 0 saturated heterocycles. The number of Topliss-reactive ketones (excluding diaryl/α,β-unsaturated/α-hetero) is 1. The number of allylic oxidation sites excluding steroid dienone is 1. The van der Waals surface area contributed by atoms with Gasteiger partial charge < -0.3 is 9.47 Å². The predicted octanol–water partition coefficient (Wildman–Crippen LogP) is 5.59. The molecule has 0 N–H and O–H groups in total. The molecule has 4 rings (SSSR count). The lowest BCUT2D eigenvalue weighted by molar-refractivity contribution is 0.0734. The number of hydrogen-bond acceptors (Lipinski definition) is 4. The van der Waals surface area contributed by atoms with Gasteiger partial charge in [-0.25, -0.2) is 4.79 Å². The monoisotopic (exact) mass is 434 g/mol. The standard InChI is InChI=1S/C23H15BrO4/c1-14-2-4-15(5-3-14)12-21-22(25)19-11-10-18(13-20(19)28-21)27-23(26)16-6-8-17(24)9-7-16/h2-13H,1H3/b21-12-. The number of esters is 1. The van der Waals surface area contributed by atoms with Gasteiger partial charge in [0.05, 0.1) is 11.1 Å². The first-order chi connectivity index (χ1) is 13.5. The van der Waals surface area contributed by atoms with E-state index in [9.17, 15) is 9.59 Å². The fourth-order valence-electron chi connectivity index (χ4n) is 2.80. The second-order valence-corrected chi connectivity index (χ2v) is 7.32. The topological polar surface area (TPSA) is 52.6 Å². The van der Waals surface area contributed by atoms with Gasteiger partial charge in [0.1, 0.15) is 11.5 Å². The summed E-state index contributed by atoms with van der Waals surface area (Å²) in [6.45, 7) is 2.00. The van der Waals surface area contributed by atoms with Gasteiger partial charge in [-0.3, -0.25) is 4.79 Å². The van der Waals surface area contributed by atoms with Gasteiger partial charge in [0.2, 0.25) is 5.78 Å². The summed E-state index contributed by atoms with van der Waals surface area (Å²) in [7, 11) is 0. The molecule has 3 aromatic rings. The highest BCUT2D eigenvalue weighted by atomic mass is 79.9. The molecule has 0 aromatic heterocycles. The number of carbonyl (C=O) groups is 2. The normalized spacial score (nSPS) is 13.9. The third-order valence-electron chi connectivity index (χ3n) is 4.31. The average Bonchev–Trinajstić information content (AvgIpc) is 2.99. The molecule has 28 heavy (non-hydrogen) atoms. The van der Waals surface area contributed by atoms with E-state index in [2.05, 4.69) is 15.9 Å². The maximum absolute atomic E-state index is 12.5. The van der Waals surface area contributed by atoms with Crippen LogP contribution in [-0.4, -0.2) is 11.8 Å². The molecule has 1 aliphatic rings. The minimum Gasteiger partial charge on any atom is -0.452 e. The largest absolute Gasteiger partial charge is 0.452 e. The van der Waals surface area contributed by atoms with E-state index in [-0.39, 0.29) is 11.5 Å². The van der Waals surface area contributed by atoms with Crippen LogP contribution in [0.25, 0.3) is 6.08 Å². The number of carbonyl (C=O) groups excluding carboxylic acids is 2. The highest BCUT2D eigenvalue weighted by molar-refractivity contribution is 9.10. The van der Waals surface area contributed by atoms with E-state index in [0.29, 0.717) is 22.6 Å². The molecule has 0 aliphatic carbocycles. The molecule has 0 atom stereocenters. The highest BCUT2D eigenvalue weighted by Gasteiger charge is 2.28. The van der Waals surface area contributed by atoms with E-state index in [4.69, 9.17) is 9.47 Å². The van der Waals surface area contributed by atoms with Crippen molar-refractivity contribution >= 4 is 33.8 Å². The second-order valence-electron chi connectivity index (χ2n) is 6.40. The molecule has 0 unspecified atom stereocenters. The van der Waals surface area contributed by atoms with Crippen molar-refractivity contribution in [3.05, 3.63) is 99.2 Å². The van der Waals surface area contributed by atoms with Crippen molar-refractivity contribution < 1.29 is 19.1 Å². The maximum atomic E-state index is 12.5. The van der Waals surface area contributed by atoms with E-state index in [1.165, 1.54) is 0 Å². The molecule has 0 saturated carbocycles. The molecule has 0 bridgehead atoms. The van der Waals surface area contributed by atoms with Crippen LogP contribution < -0.4 is 9.47 Å². The molecule has 4 nitrogen and oxygen atoms in total. The van der Waals surface area contributed by atoms with Crippen LogP contribution in [0.1, 0.15) is 31.8 Å². The van der Waals surface area contributed by atoms with Gasteiger partial charge in [-0.05, 0) is 55.0 Å². The third kappa shape index (κ3) is 3.75. The highest BCUT2D eigenvalue weighted by Crippen LogP contribution is 2.35. The number of halogens is 1. The Morgan fingerprint density at radius 1 is 1.00 bits per heavy atom. The van der Waals surface area contributed by atoms with Crippen LogP contribution in [0, 0.1) is 6.92 Å². The first kappa shape index (κ1) is 18.2. The predicted molar refractivity (Wildman–Crippen MR) is 110 cm³/mol. The van der Waals surface area contributed by atoms with E-state index in [1.807, 2.05) is 31.2 Å². The summed E-state index contributed by atoms with van der Waals surface area (Å²) in [4.78, 5) is 24.8. The van der Waals surface area contributed by atoms with Crippen molar-refractivity contribution in [3.63, 3.8) is 0 Å². The zero-order valence-corrected chi connectivity index (χ0v) is 16.5. The summed E-state index contributed by atoms with van der Waals surface area (Å²) >= 11 is 3.33. The van der Waals surface area contributed by atoms with Gasteiger partial charge in [-0.1, -0.05) is 45.8 Å². The minimum absolute atomic E-state index is 0.193. The van der Waals surface area contributed by atoms with E-state index in [1.54, 1.807) is 48.5 Å². The third-order valence-corrected chi connectivity index (χ3v) is 4.84. The first-order valence-corrected chi connectivity index (χ1v) is 9.41. The molecule has 0 amide bonds. The number of ether oxygens (including phenoxy) is 2. The van der Waals surface area contributed by atoms with Crippen LogP contribution in [-0.2, 0) is 0 Å². The van der Waals surface area contributed by atoms with Crippen LogP contribution in [0.15, 0.2) is 77.0 Å². The number of rotatable bonds is 3. The lowest BCUT2D eigenvalue weighted by Crippen LogP contribution is -2.08. The van der Waals surface area contributed by atoms with Gasteiger partial charge in [0, 0.05) is 10.5 Å². The fourth-order valence-corrected chi connectivity index (χ4v) is 3.06. The number of aryl methyl sites for hydroxylation is 1. The van der Waals surface area contributed by atoms with Crippen molar-refractivity contribution in [2.75, 3.05) is 0 Å². The molecule has 0 radical (unpaired) electrons. The summed E-state index contributed by atoms with van der Waals surface area (Å²) in [5.74, 6) is 0.268. The van der Waals surface area contributed by atoms with Gasteiger partial charge in [-0.15, -0.1) is 0 Å². The Bertz CT molecular complexity index is 1100. The molecule has 138 valence electrons. The Hall–Kier alpha value is -3.18. The van der Waals surface area contributed by atoms with E-state index < -0.39 is 5.97 Å². The van der Waals surface area contributed by atoms with Gasteiger partial charge in [0.25, 0.3) is 0 Å². The van der Waals surface area contributed by atoms with Crippen molar-refractivity contribution in [2.24, 2.45) is 0 Å². The molecule has 1 aliphatic heterocycles. The Kier molecular flexibility index (Phi) is 4.84. The van der Waals surface area contributed by atoms with Crippen molar-refractivity contribution in [3.8, 4) is 11.5 Å². The van der Waals surface area contributed by atoms with Gasteiger partial charge >= 0.3 is 5.97 Å². The number of hydrogen-bond donors (Lipinski definition) is 0. The van der Waals surface area contributed by atoms with Crippen LogP contribution in [0.2, 0.25) is 0 Å². The molecule has 5 heteroatoms. The quantitative estimate of drug-likeness (QED) is 0.306. The lowest BCUT2D eigenvalue weighted by atomic mass is 10.1. The summed E-state index contributed by atoms with van der Waals surface area (Å²) < 4.78 is 12.0. The van der Waals surface area contributed by atoms with Gasteiger partial charge in [-0.2, -0.15) is 0 Å². The SMILES string of the molecule is Cc1ccc(/C=C2\Oc3cc(OC(=O)c4ccc(Br)cc4)ccc3C2=O)cc1. The van der Waals surface area contributed by atoms with Crippen molar-refractivity contribution in [2.45, 2.75) is 6.92 Å². The number of benzene rings is 3. The van der Waals surface area contributed by atoms with Crippen molar-refractivity contribution in [1.29, 1.82) is 0 Å². The number of fused-ring (bicyclic) bond motifs is 1. The summed E-state index contributed by atoms with van der Waals surface area (Å²) in [5, 5.41) is 0. The first-order valence-electron chi connectivity index (χ1n) is 8.62. The zero-order valence-electron chi connectivity index (χ0n) is 14.9. The Balaban J connectivity index is 1.54. The van der Waals surface area contributed by atoms with Crippen LogP contribution in [0.5, 0.6) is 11.5 Å². The summed E-state index contributed by atoms with van der Waals surface area (Å²) in [6.07, 6.45) is 1.70. The molecular weight excluding hydrogens is 420 g/mol. The molecule has 0 fully saturated rings. The van der Waals surface area contributed by atoms with E-state index >= 15 is 0 Å². The van der Waals surface area contributed by atoms with E-state index in [0.717, 1.165) is 15.6 Å². The Morgan fingerprint density at radius 3 is 2.43 bits per heavy atom. The zero-order chi connectivity index (χ0) is 19.7. The van der Waals surface area contributed by atoms with Crippen LogP contribution in [0.3, 0.4) is 0 Å². The average molecular weight is 435 g/mol. The van der Waals surface area contributed by atoms with Gasteiger partial charge in [0.15, 0.2) is 5.76 Å². The molecule has 3 aromatic carbocycles. The summed E-state index contributed by atoms with van der Waals surface area (Å²) in [6, 6.07) is 19.4. The van der Waals surface area contributed by atoms with Crippen LogP contribution in [0.4, 0.5) is 0 Å². The van der Waals surface area contributed by atoms with Crippen LogP contribution >= 0.6 is 15.9 Å². The summed E-state index contributed by atoms with van der Waals surface area (Å²) in [5.41, 5.74) is 2.90. The number of ketones is 1. The Morgan fingerprint density at radius 2 is 1.71 bits per heavy atom. The minimum atomic E-state index is -0.479. The maximum Gasteiger partial charge on any atom is 0.343 e. The van der Waals surface area contributed by atoms with Crippen molar-refractivity contribution in [1.82, 2.24) is 0 Å². The lowest BCUT2D eigenvalue weighted by Gasteiger charge is -2.06. The Labute approximate surface area is 170 Å².